The Hall–Kier alpha value is -8.37. The first-order valence-electron chi connectivity index (χ1n) is 29.5. The van der Waals surface area contributed by atoms with Crippen LogP contribution in [0.3, 0.4) is 0 Å². The molecule has 11 rings (SSSR count). The summed E-state index contributed by atoms with van der Waals surface area (Å²) in [5, 5.41) is 47.8. The van der Waals surface area contributed by atoms with Crippen LogP contribution >= 0.6 is 68.0 Å². The second-order valence-electron chi connectivity index (χ2n) is 21.8. The number of aliphatic hydroxyl groups excluding tert-OH is 1. The van der Waals surface area contributed by atoms with E-state index in [1.165, 1.54) is 58.5 Å². The molecule has 7 aromatic heterocycles. The lowest BCUT2D eigenvalue weighted by molar-refractivity contribution is -0.139. The van der Waals surface area contributed by atoms with Crippen molar-refractivity contribution in [2.24, 2.45) is 10.9 Å². The van der Waals surface area contributed by atoms with Crippen molar-refractivity contribution in [2.75, 3.05) is 52.9 Å². The number of nitrogens with one attached hydrogen (secondary N) is 6. The van der Waals surface area contributed by atoms with Crippen LogP contribution in [0.4, 0.5) is 0 Å². The molecule has 10 heterocycles. The summed E-state index contributed by atoms with van der Waals surface area (Å²) >= 11 is 7.07. The van der Waals surface area contributed by atoms with Crippen LogP contribution < -0.4 is 31.9 Å². The van der Waals surface area contributed by atoms with Crippen LogP contribution in [0.1, 0.15) is 133 Å². The maximum absolute atomic E-state index is 14.4. The number of phenolic OH excluding ortho intramolecular Hbond substituents is 1. The van der Waals surface area contributed by atoms with Crippen LogP contribution in [0.5, 0.6) is 5.75 Å². The molecule has 26 nitrogen and oxygen atoms in total. The number of hydrogen-bond donors (Lipinski definition) is 8. The third-order valence-corrected chi connectivity index (χ3v) is 21.2. The van der Waals surface area contributed by atoms with E-state index >= 15 is 0 Å². The van der Waals surface area contributed by atoms with Gasteiger partial charge >= 0.3 is 0 Å². The number of para-hydroxylation sites is 1. The fourth-order valence-electron chi connectivity index (χ4n) is 10.6. The van der Waals surface area contributed by atoms with E-state index in [2.05, 4.69) is 65.6 Å². The summed E-state index contributed by atoms with van der Waals surface area (Å²) in [4.78, 5) is 140. The van der Waals surface area contributed by atoms with Crippen LogP contribution in [-0.2, 0) is 30.5 Å². The highest BCUT2D eigenvalue weighted by molar-refractivity contribution is 7.15. The number of amides is 7. The average molecular weight is 1360 g/mol. The van der Waals surface area contributed by atoms with Crippen LogP contribution in [0.2, 0.25) is 0 Å². The van der Waals surface area contributed by atoms with Gasteiger partial charge in [0, 0.05) is 64.2 Å². The maximum Gasteiger partial charge on any atom is 0.271 e. The first-order valence-corrected chi connectivity index (χ1v) is 34.7. The second kappa shape index (κ2) is 28.6. The number of ether oxygens (including phenoxy) is 1. The third kappa shape index (κ3) is 14.2. The number of carbonyl (C=O) groups is 7. The molecule has 0 saturated carbocycles. The standard InChI is InChI=1S/C60H64N16O10S6/c1-7-75(8-2)19-17-62-50(82)39-13-11-18-76(39)60(85)34-23-86-53(66-34)37-26-89-55(69-37)32-16-15-31-46(64-32)35-24-88-56(67-35)38-27-90-58(70-38)47(30-12-9-10-14-40(30)78)71-43(80)21-63-51(83)48-41(22-77)92-59(74-48)44(28(3)4)72-52(84)45-29(5)91-57(73-45)33(20-42(79)61-6)65-49(81)36-25-87-54(31)68-36/h9-10,12,14-16,24-28,33-34,39,44,47,77-78H,7-8,11,13,17-23H2,1-6H3,(H,61,79)(H,62,82)(H,63,83)(H,65,81)(H,71,80)(H,72,84)/t33-,34?,39-,44+,47?/m0/s1. The predicted octanol–water partition coefficient (Wildman–Crippen LogP) is 6.27. The van der Waals surface area contributed by atoms with E-state index in [0.717, 1.165) is 35.8 Å². The summed E-state index contributed by atoms with van der Waals surface area (Å²) in [7, 11) is 1.47. The summed E-state index contributed by atoms with van der Waals surface area (Å²) in [5.41, 5.74) is 2.77. The molecule has 3 aliphatic rings. The molecular weight excluding hydrogens is 1300 g/mol. The van der Waals surface area contributed by atoms with Crippen molar-refractivity contribution in [3.8, 4) is 49.1 Å². The lowest BCUT2D eigenvalue weighted by Gasteiger charge is -2.26. The molecule has 32 heteroatoms. The van der Waals surface area contributed by atoms with Gasteiger partial charge < -0.3 is 56.7 Å². The van der Waals surface area contributed by atoms with Gasteiger partial charge in [0.2, 0.25) is 23.6 Å². The normalized spacial score (nSPS) is 18.8. The van der Waals surface area contributed by atoms with Gasteiger partial charge in [0.25, 0.3) is 23.6 Å². The summed E-state index contributed by atoms with van der Waals surface area (Å²) in [6, 6.07) is 5.78. The van der Waals surface area contributed by atoms with Gasteiger partial charge in [-0.3, -0.25) is 33.6 Å². The number of aromatic nitrogens is 7. The van der Waals surface area contributed by atoms with E-state index in [-0.39, 0.29) is 69.4 Å². The minimum Gasteiger partial charge on any atom is -0.508 e. The Bertz CT molecular complexity index is 4130. The Morgan fingerprint density at radius 2 is 1.48 bits per heavy atom. The summed E-state index contributed by atoms with van der Waals surface area (Å²) in [5.74, 6) is -3.73. The fraction of sp³-hybridized carbons (Fsp3) is 0.383. The number of pyridine rings is 1. The molecule has 7 amide bonds. The van der Waals surface area contributed by atoms with Crippen molar-refractivity contribution < 1.29 is 48.5 Å². The zero-order chi connectivity index (χ0) is 64.9. The third-order valence-electron chi connectivity index (χ3n) is 15.5. The van der Waals surface area contributed by atoms with Gasteiger partial charge in [-0.1, -0.05) is 45.9 Å². The molecule has 5 atom stereocenters. The second-order valence-corrected chi connectivity index (χ2v) is 27.6. The molecule has 8 aromatic rings. The number of likely N-dealkylation sites (N-methyl/N-ethyl adjacent to an activating group) is 1. The number of nitrogens with zero attached hydrogens (tertiary/aromatic N) is 10. The van der Waals surface area contributed by atoms with Crippen molar-refractivity contribution >= 4 is 115 Å². The molecule has 1 fully saturated rings. The number of fused-ring (bicyclic) bond motifs is 14. The summed E-state index contributed by atoms with van der Waals surface area (Å²) in [6.07, 6.45) is 1.01. The van der Waals surface area contributed by atoms with E-state index < -0.39 is 72.9 Å². The molecule has 0 spiro atoms. The van der Waals surface area contributed by atoms with E-state index in [9.17, 15) is 43.8 Å². The lowest BCUT2D eigenvalue weighted by atomic mass is 10.0. The molecule has 92 heavy (non-hydrogen) atoms. The number of carbonyl (C=O) groups excluding carboxylic acids is 7. The first-order chi connectivity index (χ1) is 44.4. The number of aliphatic hydroxyl groups is 1. The van der Waals surface area contributed by atoms with Gasteiger partial charge in [-0.05, 0) is 57.0 Å². The number of benzene rings is 1. The van der Waals surface area contributed by atoms with Gasteiger partial charge in [-0.25, -0.2) is 39.9 Å². The van der Waals surface area contributed by atoms with Gasteiger partial charge in [0.05, 0.1) is 42.2 Å². The molecule has 1 saturated heterocycles. The van der Waals surface area contributed by atoms with Crippen LogP contribution in [-0.4, -0.2) is 167 Å². The Morgan fingerprint density at radius 3 is 2.24 bits per heavy atom. The van der Waals surface area contributed by atoms with E-state index in [1.54, 1.807) is 63.7 Å². The van der Waals surface area contributed by atoms with Gasteiger partial charge in [0.1, 0.15) is 94.3 Å². The van der Waals surface area contributed by atoms with Crippen LogP contribution in [0, 0.1) is 12.8 Å². The largest absolute Gasteiger partial charge is 0.508 e. The minimum atomic E-state index is -1.01. The zero-order valence-corrected chi connectivity index (χ0v) is 55.5. The molecule has 480 valence electrons. The molecular formula is C60H64N16O10S6. The molecule has 2 unspecified atom stereocenters. The Labute approximate surface area is 551 Å². The summed E-state index contributed by atoms with van der Waals surface area (Å²) in [6.45, 7) is 11.8. The van der Waals surface area contributed by atoms with Crippen molar-refractivity contribution in [2.45, 2.75) is 90.7 Å². The maximum atomic E-state index is 14.4. The van der Waals surface area contributed by atoms with Crippen molar-refractivity contribution in [3.63, 3.8) is 0 Å². The molecule has 3 aliphatic heterocycles. The number of aromatic hydroxyl groups is 1. The van der Waals surface area contributed by atoms with Crippen molar-refractivity contribution in [3.05, 3.63) is 111 Å². The van der Waals surface area contributed by atoms with Gasteiger partial charge in [-0.2, -0.15) is 0 Å². The fourth-order valence-corrected chi connectivity index (χ4v) is 16.0. The van der Waals surface area contributed by atoms with Crippen molar-refractivity contribution in [1.29, 1.82) is 0 Å². The van der Waals surface area contributed by atoms with E-state index in [1.807, 2.05) is 13.8 Å². The highest BCUT2D eigenvalue weighted by Crippen LogP contribution is 2.40. The number of thiazole rings is 6. The number of aryl methyl sites for hydroxylation is 1. The number of aliphatic imine (C=N–C) groups is 1. The predicted molar refractivity (Wildman–Crippen MR) is 350 cm³/mol. The Morgan fingerprint density at radius 1 is 0.761 bits per heavy atom. The number of hydrogen-bond acceptors (Lipinski definition) is 25. The van der Waals surface area contributed by atoms with E-state index in [0.29, 0.717) is 102 Å². The van der Waals surface area contributed by atoms with Crippen molar-refractivity contribution in [1.82, 2.24) is 76.6 Å². The molecule has 0 aliphatic carbocycles. The van der Waals surface area contributed by atoms with Gasteiger partial charge in [-0.15, -0.1) is 68.0 Å². The SMILES string of the molecule is CCN(CC)CCNC(=O)[C@@H]1CCCN1C(=O)C1COC(c2csc(-c3ccc4c(n3)-c3csc(n3)-c3csc(n3)C(c3ccccc3O)NC(=O)CNC(=O)c3nc(sc3CO)[C@@H](C(C)C)NC(=O)c3nc(sc3C)[C@H](CC(=O)NC)NC(=O)c3csc-4n3)n2)=N1. The van der Waals surface area contributed by atoms with Crippen LogP contribution in [0.25, 0.3) is 43.4 Å². The monoisotopic (exact) mass is 1360 g/mol. The Kier molecular flexibility index (Phi) is 20.3. The van der Waals surface area contributed by atoms with Gasteiger partial charge in [0.15, 0.2) is 6.04 Å². The van der Waals surface area contributed by atoms with Crippen LogP contribution in [0.15, 0.2) is 62.9 Å². The van der Waals surface area contributed by atoms with E-state index in [4.69, 9.17) is 29.7 Å². The average Bonchev–Trinajstić information content (AvgIpc) is 1.67. The molecule has 0 radical (unpaired) electrons. The number of phenols is 1. The molecule has 1 aromatic carbocycles. The topological polar surface area (TPSA) is 350 Å². The minimum absolute atomic E-state index is 0.0174. The smallest absolute Gasteiger partial charge is 0.271 e. The first kappa shape index (κ1) is 65.1. The highest BCUT2D eigenvalue weighted by atomic mass is 32.1. The zero-order valence-electron chi connectivity index (χ0n) is 50.6. The Balaban J connectivity index is 0.932. The lowest BCUT2D eigenvalue weighted by Crippen LogP contribution is -2.50. The quantitative estimate of drug-likeness (QED) is 0.0594. The highest BCUT2D eigenvalue weighted by Gasteiger charge is 2.40. The summed E-state index contributed by atoms with van der Waals surface area (Å²) < 4.78 is 6.01. The number of likely N-dealkylation sites (tertiary alicyclic amines) is 1. The number of rotatable bonds is 14. The molecule has 8 N–H and O–H groups in total. The molecule has 10 bridgehead atoms.